The van der Waals surface area contributed by atoms with E-state index in [0.29, 0.717) is 6.54 Å². The van der Waals surface area contributed by atoms with Crippen LogP contribution in [0.4, 0.5) is 0 Å². The Labute approximate surface area is 123 Å². The molecule has 0 aliphatic heterocycles. The van der Waals surface area contributed by atoms with Crippen molar-refractivity contribution in [3.8, 4) is 11.3 Å². The lowest BCUT2D eigenvalue weighted by Gasteiger charge is -2.14. The predicted molar refractivity (Wildman–Crippen MR) is 83.2 cm³/mol. The molecule has 3 nitrogen and oxygen atoms in total. The zero-order valence-corrected chi connectivity index (χ0v) is 13.7. The van der Waals surface area contributed by atoms with Gasteiger partial charge in [-0.3, -0.25) is 0 Å². The molecule has 102 valence electrons. The average molecular weight is 322 g/mol. The summed E-state index contributed by atoms with van der Waals surface area (Å²) >= 11 is 3.64. The maximum absolute atomic E-state index is 5.74. The number of halogens is 1. The summed E-state index contributed by atoms with van der Waals surface area (Å²) in [6.07, 6.45) is 0. The summed E-state index contributed by atoms with van der Waals surface area (Å²) in [6.45, 7) is 9.04. The number of nitrogens with two attached hydrogens (primary N) is 1. The maximum atomic E-state index is 5.74. The van der Waals surface area contributed by atoms with Crippen molar-refractivity contribution in [2.24, 2.45) is 12.8 Å². The van der Waals surface area contributed by atoms with Crippen molar-refractivity contribution in [1.82, 2.24) is 9.55 Å². The molecule has 0 saturated heterocycles. The minimum atomic E-state index is 0.442. The van der Waals surface area contributed by atoms with Crippen LogP contribution in [0.25, 0.3) is 11.3 Å². The van der Waals surface area contributed by atoms with Gasteiger partial charge in [-0.15, -0.1) is 0 Å². The number of aryl methyl sites for hydroxylation is 2. The topological polar surface area (TPSA) is 43.8 Å². The van der Waals surface area contributed by atoms with Crippen molar-refractivity contribution in [2.45, 2.75) is 34.2 Å². The van der Waals surface area contributed by atoms with Crippen LogP contribution in [0.15, 0.2) is 10.7 Å². The molecule has 1 aromatic carbocycles. The lowest BCUT2D eigenvalue weighted by atomic mass is 9.93. The Balaban J connectivity index is 2.79. The minimum absolute atomic E-state index is 0.442. The minimum Gasteiger partial charge on any atom is -0.324 e. The second-order valence-electron chi connectivity index (χ2n) is 5.07. The third kappa shape index (κ3) is 2.23. The van der Waals surface area contributed by atoms with Crippen LogP contribution >= 0.6 is 15.9 Å². The molecule has 0 amide bonds. The lowest BCUT2D eigenvalue weighted by Crippen LogP contribution is -2.04. The standard InChI is InChI=1S/C15H20BrN3/c1-8-6-9(2)11(4)13(10(8)3)14-15(16)19(5)12(7-17)18-14/h6H,7,17H2,1-5H3. The summed E-state index contributed by atoms with van der Waals surface area (Å²) in [5, 5.41) is 0. The fraction of sp³-hybridized carbons (Fsp3) is 0.400. The SMILES string of the molecule is Cc1cc(C)c(C)c(-c2nc(CN)n(C)c2Br)c1C. The van der Waals surface area contributed by atoms with Crippen LogP contribution in [0.5, 0.6) is 0 Å². The van der Waals surface area contributed by atoms with Gasteiger partial charge in [0.2, 0.25) is 0 Å². The molecule has 0 bridgehead atoms. The molecule has 19 heavy (non-hydrogen) atoms. The van der Waals surface area contributed by atoms with Gasteiger partial charge in [0, 0.05) is 12.6 Å². The molecular weight excluding hydrogens is 302 g/mol. The van der Waals surface area contributed by atoms with E-state index in [9.17, 15) is 0 Å². The van der Waals surface area contributed by atoms with Crippen molar-refractivity contribution < 1.29 is 0 Å². The third-order valence-electron chi connectivity index (χ3n) is 3.90. The van der Waals surface area contributed by atoms with E-state index in [1.807, 2.05) is 11.6 Å². The molecule has 0 spiro atoms. The molecule has 0 atom stereocenters. The first-order valence-electron chi connectivity index (χ1n) is 6.37. The van der Waals surface area contributed by atoms with Crippen molar-refractivity contribution in [3.05, 3.63) is 38.7 Å². The molecule has 2 N–H and O–H groups in total. The zero-order chi connectivity index (χ0) is 14.3. The lowest BCUT2D eigenvalue weighted by molar-refractivity contribution is 0.781. The molecule has 1 aromatic heterocycles. The van der Waals surface area contributed by atoms with Crippen LogP contribution in [0.2, 0.25) is 0 Å². The van der Waals surface area contributed by atoms with Gasteiger partial charge in [-0.2, -0.15) is 0 Å². The number of aromatic nitrogens is 2. The number of benzene rings is 1. The van der Waals surface area contributed by atoms with Gasteiger partial charge in [0.15, 0.2) is 0 Å². The monoisotopic (exact) mass is 321 g/mol. The number of nitrogens with zero attached hydrogens (tertiary/aromatic N) is 2. The van der Waals surface area contributed by atoms with Crippen LogP contribution < -0.4 is 5.73 Å². The van der Waals surface area contributed by atoms with Gasteiger partial charge in [-0.05, 0) is 65.9 Å². The first-order valence-corrected chi connectivity index (χ1v) is 7.16. The highest BCUT2D eigenvalue weighted by Crippen LogP contribution is 2.35. The molecule has 1 heterocycles. The summed E-state index contributed by atoms with van der Waals surface area (Å²) in [7, 11) is 1.98. The Morgan fingerprint density at radius 1 is 1.16 bits per heavy atom. The zero-order valence-electron chi connectivity index (χ0n) is 12.1. The second kappa shape index (κ2) is 5.10. The quantitative estimate of drug-likeness (QED) is 0.919. The fourth-order valence-electron chi connectivity index (χ4n) is 2.44. The normalized spacial score (nSPS) is 11.1. The average Bonchev–Trinajstić information content (AvgIpc) is 2.65. The molecule has 0 saturated carbocycles. The molecule has 0 aliphatic carbocycles. The van der Waals surface area contributed by atoms with Crippen molar-refractivity contribution in [1.29, 1.82) is 0 Å². The molecule has 0 radical (unpaired) electrons. The molecule has 0 unspecified atom stereocenters. The summed E-state index contributed by atoms with van der Waals surface area (Å²) in [5.74, 6) is 0.889. The molecule has 4 heteroatoms. The van der Waals surface area contributed by atoms with Gasteiger partial charge < -0.3 is 10.3 Å². The molecular formula is C15H20BrN3. The van der Waals surface area contributed by atoms with Crippen LogP contribution in [0.3, 0.4) is 0 Å². The van der Waals surface area contributed by atoms with Gasteiger partial charge in [0.1, 0.15) is 16.1 Å². The van der Waals surface area contributed by atoms with Crippen LogP contribution in [0, 0.1) is 27.7 Å². The van der Waals surface area contributed by atoms with E-state index in [2.05, 4.69) is 49.7 Å². The van der Waals surface area contributed by atoms with Crippen LogP contribution in [-0.2, 0) is 13.6 Å². The Morgan fingerprint density at radius 3 is 2.11 bits per heavy atom. The highest BCUT2D eigenvalue weighted by atomic mass is 79.9. The van der Waals surface area contributed by atoms with E-state index in [1.165, 1.54) is 27.8 Å². The summed E-state index contributed by atoms with van der Waals surface area (Å²) in [5.41, 5.74) is 13.1. The maximum Gasteiger partial charge on any atom is 0.123 e. The fourth-order valence-corrected chi connectivity index (χ4v) is 2.93. The number of imidazole rings is 1. The van der Waals surface area contributed by atoms with E-state index in [-0.39, 0.29) is 0 Å². The highest BCUT2D eigenvalue weighted by Gasteiger charge is 2.18. The van der Waals surface area contributed by atoms with Crippen molar-refractivity contribution >= 4 is 15.9 Å². The Morgan fingerprint density at radius 2 is 1.68 bits per heavy atom. The third-order valence-corrected chi connectivity index (χ3v) is 4.81. The van der Waals surface area contributed by atoms with Crippen LogP contribution in [-0.4, -0.2) is 9.55 Å². The molecule has 2 rings (SSSR count). The number of rotatable bonds is 2. The Hall–Kier alpha value is -1.13. The molecule has 0 aliphatic rings. The van der Waals surface area contributed by atoms with Crippen molar-refractivity contribution in [3.63, 3.8) is 0 Å². The summed E-state index contributed by atoms with van der Waals surface area (Å²) in [4.78, 5) is 4.69. The molecule has 2 aromatic rings. The van der Waals surface area contributed by atoms with Gasteiger partial charge in [0.05, 0.1) is 6.54 Å². The second-order valence-corrected chi connectivity index (χ2v) is 5.82. The van der Waals surface area contributed by atoms with E-state index >= 15 is 0 Å². The van der Waals surface area contributed by atoms with Gasteiger partial charge >= 0.3 is 0 Å². The largest absolute Gasteiger partial charge is 0.324 e. The summed E-state index contributed by atoms with van der Waals surface area (Å²) in [6, 6.07) is 2.23. The number of hydrogen-bond donors (Lipinski definition) is 1. The summed E-state index contributed by atoms with van der Waals surface area (Å²) < 4.78 is 3.00. The van der Waals surface area contributed by atoms with E-state index in [0.717, 1.165) is 16.1 Å². The van der Waals surface area contributed by atoms with Crippen LogP contribution in [0.1, 0.15) is 28.1 Å². The van der Waals surface area contributed by atoms with E-state index in [4.69, 9.17) is 10.7 Å². The van der Waals surface area contributed by atoms with Gasteiger partial charge in [0.25, 0.3) is 0 Å². The smallest absolute Gasteiger partial charge is 0.123 e. The van der Waals surface area contributed by atoms with Gasteiger partial charge in [-0.25, -0.2) is 4.98 Å². The first kappa shape index (κ1) is 14.3. The Bertz CT molecular complexity index is 615. The van der Waals surface area contributed by atoms with Crippen molar-refractivity contribution in [2.75, 3.05) is 0 Å². The number of hydrogen-bond acceptors (Lipinski definition) is 2. The van der Waals surface area contributed by atoms with Gasteiger partial charge in [-0.1, -0.05) is 6.07 Å². The molecule has 0 fully saturated rings. The Kier molecular flexibility index (Phi) is 3.83. The predicted octanol–water partition coefficient (Wildman–Crippen LogP) is 3.54. The van der Waals surface area contributed by atoms with E-state index < -0.39 is 0 Å². The van der Waals surface area contributed by atoms with E-state index in [1.54, 1.807) is 0 Å². The first-order chi connectivity index (χ1) is 8.88. The highest BCUT2D eigenvalue weighted by molar-refractivity contribution is 9.10.